The lowest BCUT2D eigenvalue weighted by atomic mass is 10.2. The van der Waals surface area contributed by atoms with Crippen LogP contribution in [-0.4, -0.2) is 25.3 Å². The molecule has 0 amide bonds. The molecule has 0 unspecified atom stereocenters. The second kappa shape index (κ2) is 4.90. The summed E-state index contributed by atoms with van der Waals surface area (Å²) in [5.41, 5.74) is 1.23. The lowest BCUT2D eigenvalue weighted by Gasteiger charge is -2.19. The summed E-state index contributed by atoms with van der Waals surface area (Å²) in [6.07, 6.45) is 5.00. The van der Waals surface area contributed by atoms with Crippen molar-refractivity contribution in [3.8, 4) is 5.75 Å². The van der Waals surface area contributed by atoms with Crippen molar-refractivity contribution in [1.29, 1.82) is 0 Å². The van der Waals surface area contributed by atoms with Gasteiger partial charge in [0.25, 0.3) is 0 Å². The highest BCUT2D eigenvalue weighted by Crippen LogP contribution is 2.40. The van der Waals surface area contributed by atoms with Crippen molar-refractivity contribution in [2.75, 3.05) is 13.7 Å². The van der Waals surface area contributed by atoms with Gasteiger partial charge in [0, 0.05) is 19.7 Å². The Hall–Kier alpha value is -1.06. The smallest absolute Gasteiger partial charge is 0.122 e. The molecule has 0 heterocycles. The van der Waals surface area contributed by atoms with Crippen molar-refractivity contribution in [2.24, 2.45) is 0 Å². The molecule has 18 heavy (non-hydrogen) atoms. The molecule has 2 aliphatic carbocycles. The molecule has 2 aliphatic rings. The van der Waals surface area contributed by atoms with Gasteiger partial charge in [0.05, 0.1) is 6.61 Å². The van der Waals surface area contributed by atoms with Crippen molar-refractivity contribution < 1.29 is 9.47 Å². The van der Waals surface area contributed by atoms with Crippen LogP contribution in [0.5, 0.6) is 5.75 Å². The van der Waals surface area contributed by atoms with Crippen LogP contribution in [0.25, 0.3) is 0 Å². The van der Waals surface area contributed by atoms with Crippen LogP contribution in [0.3, 0.4) is 0 Å². The molecular formula is C15H21NO2. The largest absolute Gasteiger partial charge is 0.486 e. The fourth-order valence-electron chi connectivity index (χ4n) is 2.19. The minimum Gasteiger partial charge on any atom is -0.486 e. The summed E-state index contributed by atoms with van der Waals surface area (Å²) >= 11 is 0. The fraction of sp³-hybridized carbons (Fsp3) is 0.600. The normalized spacial score (nSPS) is 20.7. The number of rotatable bonds is 7. The summed E-state index contributed by atoms with van der Waals surface area (Å²) in [4.78, 5) is 0. The molecule has 0 aliphatic heterocycles. The second-order valence-electron chi connectivity index (χ2n) is 5.52. The Morgan fingerprint density at radius 2 is 2.17 bits per heavy atom. The van der Waals surface area contributed by atoms with Gasteiger partial charge in [-0.2, -0.15) is 0 Å². The number of hydrogen-bond donors (Lipinski definition) is 1. The minimum absolute atomic E-state index is 0.0638. The molecule has 3 heteroatoms. The van der Waals surface area contributed by atoms with Gasteiger partial charge < -0.3 is 14.8 Å². The molecule has 0 atom stereocenters. The first-order valence-electron chi connectivity index (χ1n) is 6.80. The number of nitrogens with one attached hydrogen (secondary N) is 1. The number of ether oxygens (including phenoxy) is 2. The predicted molar refractivity (Wildman–Crippen MR) is 70.8 cm³/mol. The molecule has 2 saturated carbocycles. The van der Waals surface area contributed by atoms with E-state index in [4.69, 9.17) is 9.47 Å². The molecule has 0 bridgehead atoms. The van der Waals surface area contributed by atoms with Gasteiger partial charge >= 0.3 is 0 Å². The highest BCUT2D eigenvalue weighted by Gasteiger charge is 2.46. The average Bonchev–Trinajstić information content (AvgIpc) is 3.24. The van der Waals surface area contributed by atoms with Crippen molar-refractivity contribution in [3.05, 3.63) is 29.8 Å². The van der Waals surface area contributed by atoms with Gasteiger partial charge in [-0.25, -0.2) is 0 Å². The Bertz CT molecular complexity index is 411. The summed E-state index contributed by atoms with van der Waals surface area (Å²) in [7, 11) is 1.72. The van der Waals surface area contributed by atoms with E-state index in [2.05, 4.69) is 17.4 Å². The van der Waals surface area contributed by atoms with Crippen LogP contribution in [-0.2, 0) is 11.3 Å². The zero-order valence-corrected chi connectivity index (χ0v) is 10.9. The number of benzene rings is 1. The Morgan fingerprint density at radius 1 is 1.33 bits per heavy atom. The van der Waals surface area contributed by atoms with Crippen molar-refractivity contribution in [1.82, 2.24) is 5.32 Å². The van der Waals surface area contributed by atoms with Gasteiger partial charge in [0.1, 0.15) is 11.4 Å². The zero-order chi connectivity index (χ0) is 12.4. The lowest BCUT2D eigenvalue weighted by Crippen LogP contribution is -2.34. The van der Waals surface area contributed by atoms with Crippen LogP contribution in [0, 0.1) is 0 Å². The summed E-state index contributed by atoms with van der Waals surface area (Å²) in [5.74, 6) is 0.972. The van der Waals surface area contributed by atoms with E-state index in [0.717, 1.165) is 18.3 Å². The highest BCUT2D eigenvalue weighted by atomic mass is 16.5. The van der Waals surface area contributed by atoms with Crippen molar-refractivity contribution in [2.45, 2.75) is 43.9 Å². The quantitative estimate of drug-likeness (QED) is 0.803. The summed E-state index contributed by atoms with van der Waals surface area (Å²) in [6.45, 7) is 1.64. The van der Waals surface area contributed by atoms with Crippen LogP contribution < -0.4 is 10.1 Å². The zero-order valence-electron chi connectivity index (χ0n) is 10.9. The van der Waals surface area contributed by atoms with E-state index in [-0.39, 0.29) is 5.60 Å². The summed E-state index contributed by atoms with van der Waals surface area (Å²) in [5, 5.41) is 3.57. The van der Waals surface area contributed by atoms with Gasteiger partial charge in [-0.15, -0.1) is 0 Å². The molecule has 0 radical (unpaired) electrons. The molecule has 1 N–H and O–H groups in total. The molecule has 1 aromatic rings. The first-order valence-corrected chi connectivity index (χ1v) is 6.80. The molecule has 0 spiro atoms. The van der Waals surface area contributed by atoms with Crippen LogP contribution in [0.2, 0.25) is 0 Å². The van der Waals surface area contributed by atoms with Crippen LogP contribution in [0.15, 0.2) is 24.3 Å². The Morgan fingerprint density at radius 3 is 2.83 bits per heavy atom. The Kier molecular flexibility index (Phi) is 3.27. The third-order valence-electron chi connectivity index (χ3n) is 3.64. The van der Waals surface area contributed by atoms with Crippen molar-refractivity contribution >= 4 is 0 Å². The average molecular weight is 247 g/mol. The topological polar surface area (TPSA) is 30.5 Å². The minimum atomic E-state index is 0.0638. The van der Waals surface area contributed by atoms with E-state index >= 15 is 0 Å². The van der Waals surface area contributed by atoms with Gasteiger partial charge in [0.2, 0.25) is 0 Å². The van der Waals surface area contributed by atoms with Crippen LogP contribution >= 0.6 is 0 Å². The van der Waals surface area contributed by atoms with Crippen molar-refractivity contribution in [3.63, 3.8) is 0 Å². The Balaban J connectivity index is 1.58. The lowest BCUT2D eigenvalue weighted by molar-refractivity contribution is 0.171. The Labute approximate surface area is 108 Å². The fourth-order valence-corrected chi connectivity index (χ4v) is 2.19. The maximum absolute atomic E-state index is 6.16. The number of methoxy groups -OCH3 is 1. The predicted octanol–water partition coefficient (Wildman–Crippen LogP) is 2.50. The van der Waals surface area contributed by atoms with E-state index in [1.54, 1.807) is 7.11 Å². The first kappa shape index (κ1) is 12.0. The summed E-state index contributed by atoms with van der Waals surface area (Å²) < 4.78 is 11.3. The SMILES string of the molecule is COCc1cccc(OC2(CNC3CC3)CC2)c1. The first-order chi connectivity index (χ1) is 8.80. The molecule has 3 rings (SSSR count). The standard InChI is InChI=1S/C15H21NO2/c1-17-10-12-3-2-4-14(9-12)18-15(7-8-15)11-16-13-5-6-13/h2-4,9,13,16H,5-8,10-11H2,1H3. The van der Waals surface area contributed by atoms with Gasteiger partial charge in [-0.1, -0.05) is 12.1 Å². The maximum Gasteiger partial charge on any atom is 0.122 e. The number of hydrogen-bond acceptors (Lipinski definition) is 3. The molecule has 3 nitrogen and oxygen atoms in total. The third kappa shape index (κ3) is 3.03. The molecule has 0 saturated heterocycles. The molecular weight excluding hydrogens is 226 g/mol. The summed E-state index contributed by atoms with van der Waals surface area (Å²) in [6, 6.07) is 8.98. The monoisotopic (exact) mass is 247 g/mol. The van der Waals surface area contributed by atoms with Gasteiger partial charge in [0.15, 0.2) is 0 Å². The van der Waals surface area contributed by atoms with E-state index in [0.29, 0.717) is 6.61 Å². The van der Waals surface area contributed by atoms with Gasteiger partial charge in [-0.3, -0.25) is 0 Å². The molecule has 1 aromatic carbocycles. The van der Waals surface area contributed by atoms with E-state index in [1.807, 2.05) is 12.1 Å². The molecule has 98 valence electrons. The third-order valence-corrected chi connectivity index (χ3v) is 3.64. The van der Waals surface area contributed by atoms with Gasteiger partial charge in [-0.05, 0) is 43.4 Å². The van der Waals surface area contributed by atoms with Crippen LogP contribution in [0.4, 0.5) is 0 Å². The maximum atomic E-state index is 6.16. The molecule has 2 fully saturated rings. The second-order valence-corrected chi connectivity index (χ2v) is 5.52. The molecule has 0 aromatic heterocycles. The van der Waals surface area contributed by atoms with E-state index in [9.17, 15) is 0 Å². The van der Waals surface area contributed by atoms with Crippen LogP contribution in [0.1, 0.15) is 31.2 Å². The van der Waals surface area contributed by atoms with E-state index < -0.39 is 0 Å². The highest BCUT2D eigenvalue weighted by molar-refractivity contribution is 5.29. The van der Waals surface area contributed by atoms with E-state index in [1.165, 1.54) is 31.2 Å².